The fourth-order valence-corrected chi connectivity index (χ4v) is 1.96. The zero-order valence-electron chi connectivity index (χ0n) is 7.18. The maximum atomic E-state index is 11.0. The van der Waals surface area contributed by atoms with E-state index in [1.54, 1.807) is 0 Å². The smallest absolute Gasteiger partial charge is 0.133 e. The predicted octanol–water partition coefficient (Wildman–Crippen LogP) is 1.34. The van der Waals surface area contributed by atoms with Crippen LogP contribution >= 0.6 is 0 Å². The first kappa shape index (κ1) is 8.72. The van der Waals surface area contributed by atoms with Gasteiger partial charge >= 0.3 is 0 Å². The normalized spacial score (nSPS) is 32.4. The Bertz CT molecular complexity index is 144. The predicted molar refractivity (Wildman–Crippen MR) is 45.2 cm³/mol. The summed E-state index contributed by atoms with van der Waals surface area (Å²) >= 11 is 0. The molecule has 2 atom stereocenters. The molecule has 0 spiro atoms. The van der Waals surface area contributed by atoms with Gasteiger partial charge in [-0.2, -0.15) is 0 Å². The Morgan fingerprint density at radius 3 is 2.82 bits per heavy atom. The third-order valence-corrected chi connectivity index (χ3v) is 2.78. The molecule has 0 heterocycles. The Balaban J connectivity index is 2.48. The number of hydrogen-bond donors (Lipinski definition) is 1. The zero-order chi connectivity index (χ0) is 8.27. The highest BCUT2D eigenvalue weighted by Gasteiger charge is 2.26. The van der Waals surface area contributed by atoms with Crippen molar-refractivity contribution in [3.8, 4) is 0 Å². The highest BCUT2D eigenvalue weighted by atomic mass is 16.1. The van der Waals surface area contributed by atoms with Crippen molar-refractivity contribution < 1.29 is 4.79 Å². The van der Waals surface area contributed by atoms with Crippen molar-refractivity contribution in [2.24, 2.45) is 17.6 Å². The molecule has 11 heavy (non-hydrogen) atoms. The van der Waals surface area contributed by atoms with E-state index < -0.39 is 0 Å². The van der Waals surface area contributed by atoms with Gasteiger partial charge in [0.25, 0.3) is 0 Å². The molecule has 0 bridgehead atoms. The van der Waals surface area contributed by atoms with Crippen LogP contribution in [-0.4, -0.2) is 12.3 Å². The molecule has 1 saturated carbocycles. The fourth-order valence-electron chi connectivity index (χ4n) is 1.96. The second kappa shape index (κ2) is 3.86. The number of carbonyl (C=O) groups is 1. The number of carbonyl (C=O) groups excluding carboxylic acids is 1. The topological polar surface area (TPSA) is 43.1 Å². The summed E-state index contributed by atoms with van der Waals surface area (Å²) in [5, 5.41) is 0. The molecule has 1 rings (SSSR count). The molecule has 0 aromatic carbocycles. The first-order valence-electron chi connectivity index (χ1n) is 4.49. The van der Waals surface area contributed by atoms with Gasteiger partial charge < -0.3 is 5.73 Å². The SMILES string of the molecule is CCC1CCC(=O)CC1CN. The lowest BCUT2D eigenvalue weighted by Gasteiger charge is -2.28. The first-order chi connectivity index (χ1) is 5.27. The van der Waals surface area contributed by atoms with Crippen molar-refractivity contribution in [2.45, 2.75) is 32.6 Å². The van der Waals surface area contributed by atoms with Gasteiger partial charge in [0.05, 0.1) is 0 Å². The van der Waals surface area contributed by atoms with Crippen LogP contribution in [0.15, 0.2) is 0 Å². The minimum atomic E-state index is 0.408. The Kier molecular flexibility index (Phi) is 3.06. The van der Waals surface area contributed by atoms with E-state index in [-0.39, 0.29) is 0 Å². The summed E-state index contributed by atoms with van der Waals surface area (Å²) in [6.07, 6.45) is 3.76. The van der Waals surface area contributed by atoms with Gasteiger partial charge in [0.15, 0.2) is 0 Å². The van der Waals surface area contributed by atoms with Gasteiger partial charge in [-0.1, -0.05) is 13.3 Å². The molecule has 1 aliphatic rings. The Hall–Kier alpha value is -0.370. The lowest BCUT2D eigenvalue weighted by atomic mass is 9.77. The van der Waals surface area contributed by atoms with Crippen LogP contribution in [0.5, 0.6) is 0 Å². The monoisotopic (exact) mass is 155 g/mol. The largest absolute Gasteiger partial charge is 0.330 e. The van der Waals surface area contributed by atoms with E-state index in [0.29, 0.717) is 24.2 Å². The molecule has 1 fully saturated rings. The van der Waals surface area contributed by atoms with Gasteiger partial charge in [-0.15, -0.1) is 0 Å². The summed E-state index contributed by atoms with van der Waals surface area (Å²) in [7, 11) is 0. The molecule has 0 radical (unpaired) electrons. The maximum absolute atomic E-state index is 11.0. The standard InChI is InChI=1S/C9H17NO/c1-2-7-3-4-9(11)5-8(7)6-10/h7-8H,2-6,10H2,1H3. The minimum absolute atomic E-state index is 0.408. The lowest BCUT2D eigenvalue weighted by molar-refractivity contribution is -0.122. The Morgan fingerprint density at radius 2 is 2.27 bits per heavy atom. The van der Waals surface area contributed by atoms with Gasteiger partial charge in [-0.05, 0) is 24.8 Å². The summed E-state index contributed by atoms with van der Waals surface area (Å²) in [6, 6.07) is 0. The summed E-state index contributed by atoms with van der Waals surface area (Å²) in [4.78, 5) is 11.0. The van der Waals surface area contributed by atoms with Crippen molar-refractivity contribution in [3.05, 3.63) is 0 Å². The number of hydrogen-bond acceptors (Lipinski definition) is 2. The average molecular weight is 155 g/mol. The average Bonchev–Trinajstić information content (AvgIpc) is 2.04. The van der Waals surface area contributed by atoms with E-state index in [0.717, 1.165) is 19.3 Å². The second-order valence-electron chi connectivity index (χ2n) is 3.45. The number of rotatable bonds is 2. The molecule has 2 unspecified atom stereocenters. The second-order valence-corrected chi connectivity index (χ2v) is 3.45. The summed E-state index contributed by atoms with van der Waals surface area (Å²) in [5.41, 5.74) is 5.58. The molecule has 0 aromatic rings. The summed E-state index contributed by atoms with van der Waals surface area (Å²) in [5.74, 6) is 1.59. The van der Waals surface area contributed by atoms with Crippen LogP contribution in [0.1, 0.15) is 32.6 Å². The van der Waals surface area contributed by atoms with Crippen molar-refractivity contribution in [1.82, 2.24) is 0 Å². The van der Waals surface area contributed by atoms with E-state index in [9.17, 15) is 4.79 Å². The molecule has 2 N–H and O–H groups in total. The number of nitrogens with two attached hydrogens (primary N) is 1. The van der Waals surface area contributed by atoms with Crippen LogP contribution < -0.4 is 5.73 Å². The number of ketones is 1. The molecular weight excluding hydrogens is 138 g/mol. The Morgan fingerprint density at radius 1 is 1.55 bits per heavy atom. The van der Waals surface area contributed by atoms with Gasteiger partial charge in [-0.3, -0.25) is 4.79 Å². The first-order valence-corrected chi connectivity index (χ1v) is 4.49. The van der Waals surface area contributed by atoms with E-state index in [2.05, 4.69) is 6.92 Å². The van der Waals surface area contributed by atoms with Crippen molar-refractivity contribution in [2.75, 3.05) is 6.54 Å². The molecule has 0 aliphatic heterocycles. The lowest BCUT2D eigenvalue weighted by Crippen LogP contribution is -2.30. The zero-order valence-corrected chi connectivity index (χ0v) is 7.18. The third-order valence-electron chi connectivity index (χ3n) is 2.78. The maximum Gasteiger partial charge on any atom is 0.133 e. The highest BCUT2D eigenvalue weighted by Crippen LogP contribution is 2.29. The molecule has 0 amide bonds. The van der Waals surface area contributed by atoms with Gasteiger partial charge in [0.2, 0.25) is 0 Å². The molecular formula is C9H17NO. The van der Waals surface area contributed by atoms with Gasteiger partial charge in [0, 0.05) is 12.8 Å². The molecule has 0 saturated heterocycles. The van der Waals surface area contributed by atoms with Crippen molar-refractivity contribution in [3.63, 3.8) is 0 Å². The number of Topliss-reactive ketones (excluding diaryl/α,β-unsaturated/α-hetero) is 1. The Labute approximate surface area is 68.2 Å². The van der Waals surface area contributed by atoms with Gasteiger partial charge in [-0.25, -0.2) is 0 Å². The van der Waals surface area contributed by atoms with Crippen molar-refractivity contribution in [1.29, 1.82) is 0 Å². The van der Waals surface area contributed by atoms with Crippen LogP contribution in [0.4, 0.5) is 0 Å². The summed E-state index contributed by atoms with van der Waals surface area (Å²) < 4.78 is 0. The minimum Gasteiger partial charge on any atom is -0.330 e. The molecule has 64 valence electrons. The van der Waals surface area contributed by atoms with E-state index in [4.69, 9.17) is 5.73 Å². The molecule has 2 heteroatoms. The molecule has 1 aliphatic carbocycles. The fraction of sp³-hybridized carbons (Fsp3) is 0.889. The van der Waals surface area contributed by atoms with Crippen LogP contribution in [-0.2, 0) is 4.79 Å². The van der Waals surface area contributed by atoms with E-state index >= 15 is 0 Å². The van der Waals surface area contributed by atoms with Gasteiger partial charge in [0.1, 0.15) is 5.78 Å². The van der Waals surface area contributed by atoms with E-state index in [1.165, 1.54) is 6.42 Å². The van der Waals surface area contributed by atoms with Crippen molar-refractivity contribution >= 4 is 5.78 Å². The summed E-state index contributed by atoms with van der Waals surface area (Å²) in [6.45, 7) is 2.87. The van der Waals surface area contributed by atoms with Crippen LogP contribution in [0.25, 0.3) is 0 Å². The molecule has 0 aromatic heterocycles. The third kappa shape index (κ3) is 2.03. The van der Waals surface area contributed by atoms with Crippen LogP contribution in [0.3, 0.4) is 0 Å². The quantitative estimate of drug-likeness (QED) is 0.654. The van der Waals surface area contributed by atoms with Crippen LogP contribution in [0, 0.1) is 11.8 Å². The van der Waals surface area contributed by atoms with E-state index in [1.807, 2.05) is 0 Å². The molecule has 2 nitrogen and oxygen atoms in total. The van der Waals surface area contributed by atoms with Crippen LogP contribution in [0.2, 0.25) is 0 Å². The highest BCUT2D eigenvalue weighted by molar-refractivity contribution is 5.79.